The van der Waals surface area contributed by atoms with Crippen LogP contribution in [0.5, 0.6) is 0 Å². The van der Waals surface area contributed by atoms with Crippen molar-refractivity contribution in [2.75, 3.05) is 25.0 Å². The molecule has 1 atom stereocenters. The second-order valence-electron chi connectivity index (χ2n) is 6.28. The molecule has 1 N–H and O–H groups in total. The van der Waals surface area contributed by atoms with Gasteiger partial charge in [-0.15, -0.1) is 11.3 Å². The summed E-state index contributed by atoms with van der Waals surface area (Å²) in [6, 6.07) is 11.4. The number of pyridine rings is 1. The largest absolute Gasteiger partial charge is 0.355 e. The predicted octanol–water partition coefficient (Wildman–Crippen LogP) is 4.29. The van der Waals surface area contributed by atoms with Gasteiger partial charge in [-0.2, -0.15) is 0 Å². The summed E-state index contributed by atoms with van der Waals surface area (Å²) in [5.74, 6) is 0.814. The van der Waals surface area contributed by atoms with E-state index in [0.29, 0.717) is 6.04 Å². The normalized spacial score (nSPS) is 18.0. The molecule has 3 aromatic rings. The maximum absolute atomic E-state index is 13.5. The highest BCUT2D eigenvalue weighted by Crippen LogP contribution is 2.37. The number of fused-ring (bicyclic) bond motifs is 1. The van der Waals surface area contributed by atoms with Gasteiger partial charge in [0.05, 0.1) is 0 Å². The summed E-state index contributed by atoms with van der Waals surface area (Å²) in [7, 11) is 2.12. The van der Waals surface area contributed by atoms with Crippen LogP contribution < -0.4 is 10.2 Å². The van der Waals surface area contributed by atoms with E-state index in [-0.39, 0.29) is 5.82 Å². The molecule has 1 aliphatic heterocycles. The molecule has 5 heteroatoms. The maximum Gasteiger partial charge on any atom is 0.137 e. The summed E-state index contributed by atoms with van der Waals surface area (Å²) in [5.41, 5.74) is 0.920. The second-order valence-corrected chi connectivity index (χ2v) is 7.36. The Hall–Kier alpha value is -1.98. The fraction of sp³-hybridized carbons (Fsp3) is 0.316. The Balaban J connectivity index is 1.74. The zero-order valence-electron chi connectivity index (χ0n) is 13.6. The monoisotopic (exact) mass is 341 g/mol. The lowest BCUT2D eigenvalue weighted by atomic mass is 10.1. The molecule has 4 rings (SSSR count). The minimum Gasteiger partial charge on any atom is -0.355 e. The molecular weight excluding hydrogens is 321 g/mol. The second kappa shape index (κ2) is 6.49. The number of hydrogen-bond acceptors (Lipinski definition) is 4. The molecule has 0 aliphatic carbocycles. The number of aromatic nitrogens is 1. The van der Waals surface area contributed by atoms with Crippen LogP contribution in [0.25, 0.3) is 20.5 Å². The van der Waals surface area contributed by atoms with Crippen LogP contribution in [0.15, 0.2) is 42.6 Å². The average Bonchev–Trinajstić information content (AvgIpc) is 3.06. The van der Waals surface area contributed by atoms with Crippen LogP contribution in [0.4, 0.5) is 10.2 Å². The van der Waals surface area contributed by atoms with Crippen molar-refractivity contribution in [2.24, 2.45) is 0 Å². The quantitative estimate of drug-likeness (QED) is 0.770. The van der Waals surface area contributed by atoms with Gasteiger partial charge < -0.3 is 10.2 Å². The van der Waals surface area contributed by atoms with E-state index in [0.717, 1.165) is 34.7 Å². The number of piperidine rings is 1. The van der Waals surface area contributed by atoms with Crippen LogP contribution >= 0.6 is 11.3 Å². The van der Waals surface area contributed by atoms with E-state index in [1.165, 1.54) is 23.6 Å². The van der Waals surface area contributed by atoms with Crippen LogP contribution in [0, 0.1) is 5.82 Å². The summed E-state index contributed by atoms with van der Waals surface area (Å²) in [6.07, 6.45) is 4.25. The summed E-state index contributed by atoms with van der Waals surface area (Å²) >= 11 is 1.69. The highest BCUT2D eigenvalue weighted by molar-refractivity contribution is 7.22. The van der Waals surface area contributed by atoms with Crippen LogP contribution in [0.2, 0.25) is 0 Å². The molecule has 0 saturated carbocycles. The van der Waals surface area contributed by atoms with E-state index >= 15 is 0 Å². The molecule has 0 amide bonds. The van der Waals surface area contributed by atoms with Gasteiger partial charge in [-0.3, -0.25) is 0 Å². The average molecular weight is 341 g/mol. The number of hydrogen-bond donors (Lipinski definition) is 1. The van der Waals surface area contributed by atoms with Crippen molar-refractivity contribution < 1.29 is 4.39 Å². The first-order valence-corrected chi connectivity index (χ1v) is 9.12. The van der Waals surface area contributed by atoms with Gasteiger partial charge in [0.2, 0.25) is 0 Å². The lowest BCUT2D eigenvalue weighted by Crippen LogP contribution is -2.44. The Bertz CT molecular complexity index is 855. The number of likely N-dealkylation sites (N-methyl/N-ethyl adjacent to an activating group) is 1. The molecule has 1 fully saturated rings. The molecular formula is C19H20FN3S. The Morgan fingerprint density at radius 3 is 3.00 bits per heavy atom. The molecule has 0 spiro atoms. The van der Waals surface area contributed by atoms with E-state index in [1.54, 1.807) is 23.5 Å². The third kappa shape index (κ3) is 2.89. The van der Waals surface area contributed by atoms with Gasteiger partial charge in [0, 0.05) is 40.8 Å². The van der Waals surface area contributed by atoms with E-state index in [4.69, 9.17) is 0 Å². The van der Waals surface area contributed by atoms with Crippen molar-refractivity contribution in [3.63, 3.8) is 0 Å². The zero-order valence-corrected chi connectivity index (χ0v) is 14.4. The molecule has 0 unspecified atom stereocenters. The Morgan fingerprint density at radius 1 is 1.29 bits per heavy atom. The number of benzene rings is 1. The van der Waals surface area contributed by atoms with Crippen LogP contribution in [-0.4, -0.2) is 31.2 Å². The van der Waals surface area contributed by atoms with Crippen LogP contribution in [0.3, 0.4) is 0 Å². The van der Waals surface area contributed by atoms with Gasteiger partial charge in [-0.05, 0) is 49.2 Å². The Labute approximate surface area is 145 Å². The van der Waals surface area contributed by atoms with E-state index < -0.39 is 0 Å². The smallest absolute Gasteiger partial charge is 0.137 e. The summed E-state index contributed by atoms with van der Waals surface area (Å²) in [4.78, 5) is 8.00. The van der Waals surface area contributed by atoms with Gasteiger partial charge >= 0.3 is 0 Å². The molecule has 1 saturated heterocycles. The number of halogens is 1. The standard InChI is InChI=1S/C19H20FN3S/c1-23(15-6-3-8-21-12-15)19-16-11-18(24-17(16)7-9-22-19)13-4-2-5-14(20)10-13/h2,4-5,7,9-11,15,21H,3,6,8,12H2,1H3/t15-/m0/s1. The number of anilines is 1. The van der Waals surface area contributed by atoms with E-state index in [1.807, 2.05) is 18.3 Å². The fourth-order valence-corrected chi connectivity index (χ4v) is 4.40. The van der Waals surface area contributed by atoms with Gasteiger partial charge in [-0.25, -0.2) is 9.37 Å². The van der Waals surface area contributed by atoms with E-state index in [2.05, 4.69) is 28.3 Å². The van der Waals surface area contributed by atoms with Gasteiger partial charge in [0.15, 0.2) is 0 Å². The van der Waals surface area contributed by atoms with Crippen molar-refractivity contribution in [1.82, 2.24) is 10.3 Å². The topological polar surface area (TPSA) is 28.2 Å². The molecule has 24 heavy (non-hydrogen) atoms. The SMILES string of the molecule is CN(c1nccc2sc(-c3cccc(F)c3)cc12)[C@H]1CCCNC1. The van der Waals surface area contributed by atoms with Crippen molar-refractivity contribution >= 4 is 27.2 Å². The highest BCUT2D eigenvalue weighted by Gasteiger charge is 2.21. The van der Waals surface area contributed by atoms with Crippen LogP contribution in [0.1, 0.15) is 12.8 Å². The van der Waals surface area contributed by atoms with Crippen molar-refractivity contribution in [3.8, 4) is 10.4 Å². The lowest BCUT2D eigenvalue weighted by Gasteiger charge is -2.32. The summed E-state index contributed by atoms with van der Waals surface area (Å²) in [5, 5.41) is 4.61. The summed E-state index contributed by atoms with van der Waals surface area (Å²) < 4.78 is 14.7. The molecule has 3 heterocycles. The molecule has 124 valence electrons. The third-order valence-corrected chi connectivity index (χ3v) is 5.84. The van der Waals surface area contributed by atoms with Gasteiger partial charge in [-0.1, -0.05) is 12.1 Å². The highest BCUT2D eigenvalue weighted by atomic mass is 32.1. The molecule has 2 aromatic heterocycles. The molecule has 1 aromatic carbocycles. The number of nitrogens with one attached hydrogen (secondary N) is 1. The molecule has 0 bridgehead atoms. The number of rotatable bonds is 3. The third-order valence-electron chi connectivity index (χ3n) is 4.69. The van der Waals surface area contributed by atoms with Crippen molar-refractivity contribution in [3.05, 3.63) is 48.4 Å². The zero-order chi connectivity index (χ0) is 16.5. The number of nitrogens with zero attached hydrogens (tertiary/aromatic N) is 2. The molecule has 1 aliphatic rings. The van der Waals surface area contributed by atoms with E-state index in [9.17, 15) is 4.39 Å². The van der Waals surface area contributed by atoms with Crippen LogP contribution in [-0.2, 0) is 0 Å². The lowest BCUT2D eigenvalue weighted by molar-refractivity contribution is 0.444. The molecule has 0 radical (unpaired) electrons. The number of thiophene rings is 1. The van der Waals surface area contributed by atoms with Crippen molar-refractivity contribution in [2.45, 2.75) is 18.9 Å². The first-order valence-electron chi connectivity index (χ1n) is 8.30. The van der Waals surface area contributed by atoms with Gasteiger partial charge in [0.25, 0.3) is 0 Å². The first-order chi connectivity index (χ1) is 11.7. The minimum atomic E-state index is -0.200. The molecule has 3 nitrogen and oxygen atoms in total. The fourth-order valence-electron chi connectivity index (χ4n) is 3.35. The Morgan fingerprint density at radius 2 is 2.21 bits per heavy atom. The maximum atomic E-state index is 13.5. The summed E-state index contributed by atoms with van der Waals surface area (Å²) in [6.45, 7) is 2.10. The predicted molar refractivity (Wildman–Crippen MR) is 99.3 cm³/mol. The van der Waals surface area contributed by atoms with Crippen molar-refractivity contribution in [1.29, 1.82) is 0 Å². The Kier molecular flexibility index (Phi) is 4.21. The minimum absolute atomic E-state index is 0.200. The van der Waals surface area contributed by atoms with Gasteiger partial charge in [0.1, 0.15) is 11.6 Å². The first kappa shape index (κ1) is 15.5.